The Labute approximate surface area is 169 Å². The molecule has 2 atom stereocenters. The van der Waals surface area contributed by atoms with E-state index in [0.29, 0.717) is 12.3 Å². The molecule has 0 amide bonds. The summed E-state index contributed by atoms with van der Waals surface area (Å²) >= 11 is 0. The summed E-state index contributed by atoms with van der Waals surface area (Å²) in [6, 6.07) is 5.28. The van der Waals surface area contributed by atoms with Crippen molar-refractivity contribution >= 4 is 11.5 Å². The predicted molar refractivity (Wildman–Crippen MR) is 108 cm³/mol. The number of hydrogen-bond donors (Lipinski definition) is 0. The van der Waals surface area contributed by atoms with E-state index in [1.54, 1.807) is 18.5 Å². The first-order valence-corrected chi connectivity index (χ1v) is 10.2. The van der Waals surface area contributed by atoms with Crippen LogP contribution in [0.25, 0.3) is 0 Å². The van der Waals surface area contributed by atoms with Gasteiger partial charge in [0.1, 0.15) is 17.7 Å². The number of morpholine rings is 1. The summed E-state index contributed by atoms with van der Waals surface area (Å²) in [7, 11) is 0. The third-order valence-electron chi connectivity index (χ3n) is 5.77. The number of halogens is 1. The first kappa shape index (κ1) is 18.5. The van der Waals surface area contributed by atoms with E-state index < -0.39 is 0 Å². The Morgan fingerprint density at radius 3 is 2.62 bits per heavy atom. The highest BCUT2D eigenvalue weighted by molar-refractivity contribution is 6.14. The lowest BCUT2D eigenvalue weighted by molar-refractivity contribution is -0.00546. The molecular weight excluding hydrogens is 371 g/mol. The molecule has 1 aromatic carbocycles. The van der Waals surface area contributed by atoms with Gasteiger partial charge in [-0.25, -0.2) is 14.4 Å². The van der Waals surface area contributed by atoms with E-state index >= 15 is 0 Å². The maximum absolute atomic E-state index is 14.5. The van der Waals surface area contributed by atoms with E-state index in [-0.39, 0.29) is 23.6 Å². The van der Waals surface area contributed by atoms with E-state index in [9.17, 15) is 4.39 Å². The molecule has 2 aromatic rings. The van der Waals surface area contributed by atoms with E-state index in [0.717, 1.165) is 54.3 Å². The molecule has 3 heterocycles. The van der Waals surface area contributed by atoms with Crippen molar-refractivity contribution < 1.29 is 13.9 Å². The molecule has 152 valence electrons. The zero-order valence-electron chi connectivity index (χ0n) is 17.0. The van der Waals surface area contributed by atoms with Crippen LogP contribution in [-0.2, 0) is 11.3 Å². The Morgan fingerprint density at radius 1 is 1.14 bits per heavy atom. The SMILES string of the molecule is C[C@@H]1CN(c2cc(C3=NCc4cc(F)c(OC5(C)CC5)cc43)ncn2)C[C@H](C)O1. The van der Waals surface area contributed by atoms with Gasteiger partial charge in [-0.2, -0.15) is 0 Å². The molecule has 0 radical (unpaired) electrons. The highest BCUT2D eigenvalue weighted by Gasteiger charge is 2.41. The van der Waals surface area contributed by atoms with Crippen LogP contribution in [0.1, 0.15) is 50.4 Å². The maximum Gasteiger partial charge on any atom is 0.165 e. The van der Waals surface area contributed by atoms with Crippen LogP contribution in [0.4, 0.5) is 10.2 Å². The molecule has 0 N–H and O–H groups in total. The summed E-state index contributed by atoms with van der Waals surface area (Å²) in [5.41, 5.74) is 3.02. The summed E-state index contributed by atoms with van der Waals surface area (Å²) in [5, 5.41) is 0. The molecule has 1 saturated heterocycles. The highest BCUT2D eigenvalue weighted by Crippen LogP contribution is 2.41. The third-order valence-corrected chi connectivity index (χ3v) is 5.77. The Balaban J connectivity index is 1.45. The van der Waals surface area contributed by atoms with Crippen molar-refractivity contribution in [2.75, 3.05) is 18.0 Å². The highest BCUT2D eigenvalue weighted by atomic mass is 19.1. The largest absolute Gasteiger partial charge is 0.484 e. The predicted octanol–water partition coefficient (Wildman–Crippen LogP) is 3.51. The molecule has 7 heteroatoms. The van der Waals surface area contributed by atoms with Gasteiger partial charge in [0, 0.05) is 24.7 Å². The van der Waals surface area contributed by atoms with Crippen molar-refractivity contribution in [1.82, 2.24) is 9.97 Å². The number of anilines is 1. The molecule has 1 aromatic heterocycles. The number of aliphatic imine (C=N–C) groups is 1. The van der Waals surface area contributed by atoms with Crippen LogP contribution >= 0.6 is 0 Å². The maximum atomic E-state index is 14.5. The fraction of sp³-hybridized carbons (Fsp3) is 0.500. The third kappa shape index (κ3) is 3.59. The average Bonchev–Trinajstić information content (AvgIpc) is 3.27. The van der Waals surface area contributed by atoms with Gasteiger partial charge in [-0.15, -0.1) is 0 Å². The number of ether oxygens (including phenoxy) is 2. The Hall–Kier alpha value is -2.54. The van der Waals surface area contributed by atoms with Crippen molar-refractivity contribution in [3.63, 3.8) is 0 Å². The fourth-order valence-electron chi connectivity index (χ4n) is 4.05. The van der Waals surface area contributed by atoms with E-state index in [2.05, 4.69) is 33.7 Å². The van der Waals surface area contributed by atoms with Gasteiger partial charge in [-0.05, 0) is 51.3 Å². The van der Waals surface area contributed by atoms with Crippen molar-refractivity contribution in [1.29, 1.82) is 0 Å². The summed E-state index contributed by atoms with van der Waals surface area (Å²) in [6.45, 7) is 8.16. The second-order valence-corrected chi connectivity index (χ2v) is 8.58. The van der Waals surface area contributed by atoms with E-state index in [1.807, 2.05) is 13.0 Å². The van der Waals surface area contributed by atoms with Gasteiger partial charge in [0.2, 0.25) is 0 Å². The molecule has 0 bridgehead atoms. The van der Waals surface area contributed by atoms with Gasteiger partial charge in [0.15, 0.2) is 11.6 Å². The molecule has 1 aliphatic carbocycles. The number of nitrogens with zero attached hydrogens (tertiary/aromatic N) is 4. The minimum Gasteiger partial charge on any atom is -0.484 e. The lowest BCUT2D eigenvalue weighted by atomic mass is 10.0. The van der Waals surface area contributed by atoms with Crippen LogP contribution < -0.4 is 9.64 Å². The van der Waals surface area contributed by atoms with Crippen LogP contribution in [0.2, 0.25) is 0 Å². The van der Waals surface area contributed by atoms with Crippen LogP contribution in [0, 0.1) is 5.82 Å². The number of hydrogen-bond acceptors (Lipinski definition) is 6. The van der Waals surface area contributed by atoms with E-state index in [1.165, 1.54) is 0 Å². The minimum absolute atomic E-state index is 0.146. The molecule has 2 aliphatic heterocycles. The zero-order chi connectivity index (χ0) is 20.2. The van der Waals surface area contributed by atoms with Crippen LogP contribution in [0.3, 0.4) is 0 Å². The molecule has 3 aliphatic rings. The van der Waals surface area contributed by atoms with E-state index in [4.69, 9.17) is 9.47 Å². The number of benzene rings is 1. The Kier molecular flexibility index (Phi) is 4.31. The van der Waals surface area contributed by atoms with Crippen molar-refractivity contribution in [3.05, 3.63) is 47.2 Å². The lowest BCUT2D eigenvalue weighted by Crippen LogP contribution is -2.45. The van der Waals surface area contributed by atoms with Crippen LogP contribution in [0.15, 0.2) is 29.5 Å². The number of aromatic nitrogens is 2. The quantitative estimate of drug-likeness (QED) is 0.792. The summed E-state index contributed by atoms with van der Waals surface area (Å²) in [6.07, 6.45) is 3.77. The second-order valence-electron chi connectivity index (χ2n) is 8.58. The second kappa shape index (κ2) is 6.76. The van der Waals surface area contributed by atoms with Crippen LogP contribution in [-0.4, -0.2) is 46.6 Å². The van der Waals surface area contributed by atoms with Gasteiger partial charge in [0.05, 0.1) is 30.2 Å². The molecular formula is C22H25FN4O2. The molecule has 1 saturated carbocycles. The molecule has 2 fully saturated rings. The molecule has 6 nitrogen and oxygen atoms in total. The number of fused-ring (bicyclic) bond motifs is 1. The van der Waals surface area contributed by atoms with Gasteiger partial charge in [-0.3, -0.25) is 4.99 Å². The van der Waals surface area contributed by atoms with Crippen molar-refractivity contribution in [2.24, 2.45) is 4.99 Å². The summed E-state index contributed by atoms with van der Waals surface area (Å²) in [4.78, 5) is 15.8. The lowest BCUT2D eigenvalue weighted by Gasteiger charge is -2.36. The monoisotopic (exact) mass is 396 g/mol. The zero-order valence-corrected chi connectivity index (χ0v) is 17.0. The Bertz CT molecular complexity index is 979. The molecule has 5 rings (SSSR count). The summed E-state index contributed by atoms with van der Waals surface area (Å²) < 4.78 is 26.2. The average molecular weight is 396 g/mol. The van der Waals surface area contributed by atoms with Gasteiger partial charge < -0.3 is 14.4 Å². The smallest absolute Gasteiger partial charge is 0.165 e. The summed E-state index contributed by atoms with van der Waals surface area (Å²) in [5.74, 6) is 0.827. The first-order valence-electron chi connectivity index (χ1n) is 10.2. The first-order chi connectivity index (χ1) is 13.9. The van der Waals surface area contributed by atoms with Crippen LogP contribution in [0.5, 0.6) is 5.75 Å². The fourth-order valence-corrected chi connectivity index (χ4v) is 4.05. The van der Waals surface area contributed by atoms with Crippen molar-refractivity contribution in [3.8, 4) is 5.75 Å². The molecule has 0 unspecified atom stereocenters. The van der Waals surface area contributed by atoms with Crippen molar-refractivity contribution in [2.45, 2.75) is 58.0 Å². The normalized spacial score (nSPS) is 24.8. The van der Waals surface area contributed by atoms with Gasteiger partial charge >= 0.3 is 0 Å². The van der Waals surface area contributed by atoms with Gasteiger partial charge in [0.25, 0.3) is 0 Å². The standard InChI is InChI=1S/C22H25FN4O2/c1-13-10-27(11-14(2)28-13)20-8-18(25-12-26-20)21-16-7-19(29-22(3)4-5-22)17(23)6-15(16)9-24-21/h6-8,12-14H,4-5,9-11H2,1-3H3/t13-,14+. The minimum atomic E-state index is -0.326. The van der Waals surface area contributed by atoms with Gasteiger partial charge in [-0.1, -0.05) is 0 Å². The molecule has 29 heavy (non-hydrogen) atoms. The topological polar surface area (TPSA) is 59.8 Å². The molecule has 0 spiro atoms. The number of rotatable bonds is 4. The Morgan fingerprint density at radius 2 is 1.90 bits per heavy atom.